The standard InChI is InChI=1S/C8H13ClN4O/c1-5-10-6(9)12-7(11-5)13-8(2,3)4-14/h14H,4H2,1-3H3,(H,10,11,12,13). The van der Waals surface area contributed by atoms with E-state index in [9.17, 15) is 0 Å². The predicted octanol–water partition coefficient (Wildman–Crippen LogP) is 1.02. The Kier molecular flexibility index (Phi) is 3.23. The molecule has 0 aromatic carbocycles. The maximum absolute atomic E-state index is 9.03. The number of halogens is 1. The SMILES string of the molecule is Cc1nc(Cl)nc(NC(C)(C)CO)n1. The van der Waals surface area contributed by atoms with Crippen molar-refractivity contribution in [2.45, 2.75) is 26.3 Å². The van der Waals surface area contributed by atoms with Crippen molar-refractivity contribution >= 4 is 17.5 Å². The molecule has 0 spiro atoms. The molecule has 6 heteroatoms. The van der Waals surface area contributed by atoms with Crippen molar-refractivity contribution in [3.63, 3.8) is 0 Å². The average molecular weight is 217 g/mol. The van der Waals surface area contributed by atoms with Crippen LogP contribution in [-0.4, -0.2) is 32.2 Å². The van der Waals surface area contributed by atoms with Crippen LogP contribution in [0.5, 0.6) is 0 Å². The van der Waals surface area contributed by atoms with Crippen LogP contribution in [0.15, 0.2) is 0 Å². The van der Waals surface area contributed by atoms with Gasteiger partial charge in [-0.1, -0.05) is 0 Å². The van der Waals surface area contributed by atoms with Crippen molar-refractivity contribution in [1.29, 1.82) is 0 Å². The molecule has 0 bridgehead atoms. The predicted molar refractivity (Wildman–Crippen MR) is 54.4 cm³/mol. The second-order valence-electron chi connectivity index (χ2n) is 3.64. The molecule has 0 amide bonds. The fraction of sp³-hybridized carbons (Fsp3) is 0.625. The molecule has 0 aliphatic heterocycles. The molecular formula is C8H13ClN4O. The number of anilines is 1. The molecule has 2 N–H and O–H groups in total. The Labute approximate surface area is 87.6 Å². The van der Waals surface area contributed by atoms with Gasteiger partial charge >= 0.3 is 0 Å². The molecule has 0 aliphatic rings. The fourth-order valence-electron chi connectivity index (χ4n) is 0.847. The Morgan fingerprint density at radius 2 is 2.00 bits per heavy atom. The molecule has 14 heavy (non-hydrogen) atoms. The van der Waals surface area contributed by atoms with Crippen LogP contribution in [0.3, 0.4) is 0 Å². The van der Waals surface area contributed by atoms with Gasteiger partial charge in [0.2, 0.25) is 11.2 Å². The summed E-state index contributed by atoms with van der Waals surface area (Å²) in [5.74, 6) is 0.919. The largest absolute Gasteiger partial charge is 0.394 e. The molecule has 78 valence electrons. The van der Waals surface area contributed by atoms with E-state index in [0.29, 0.717) is 11.8 Å². The lowest BCUT2D eigenvalue weighted by molar-refractivity contribution is 0.233. The molecule has 1 heterocycles. The highest BCUT2D eigenvalue weighted by atomic mass is 35.5. The number of nitrogens with one attached hydrogen (secondary N) is 1. The minimum absolute atomic E-state index is 0.0185. The number of aromatic nitrogens is 3. The molecule has 0 saturated heterocycles. The van der Waals surface area contributed by atoms with Crippen LogP contribution in [0.1, 0.15) is 19.7 Å². The molecule has 1 aromatic rings. The quantitative estimate of drug-likeness (QED) is 0.790. The minimum atomic E-state index is -0.475. The highest BCUT2D eigenvalue weighted by Crippen LogP contribution is 2.11. The lowest BCUT2D eigenvalue weighted by Crippen LogP contribution is -2.35. The van der Waals surface area contributed by atoms with E-state index in [2.05, 4.69) is 20.3 Å². The Hall–Kier alpha value is -0.940. The number of nitrogens with zero attached hydrogens (tertiary/aromatic N) is 3. The van der Waals surface area contributed by atoms with Gasteiger partial charge in [0.15, 0.2) is 0 Å². The van der Waals surface area contributed by atoms with E-state index in [-0.39, 0.29) is 11.9 Å². The molecule has 0 radical (unpaired) electrons. The third-order valence-corrected chi connectivity index (χ3v) is 1.73. The number of rotatable bonds is 3. The molecule has 0 atom stereocenters. The Bertz CT molecular complexity index is 309. The van der Waals surface area contributed by atoms with E-state index in [1.54, 1.807) is 6.92 Å². The number of aliphatic hydroxyl groups excluding tert-OH is 1. The first-order chi connectivity index (χ1) is 6.43. The van der Waals surface area contributed by atoms with Crippen LogP contribution in [0.25, 0.3) is 0 Å². The average Bonchev–Trinajstić information content (AvgIpc) is 2.01. The first-order valence-electron chi connectivity index (χ1n) is 4.20. The van der Waals surface area contributed by atoms with Crippen LogP contribution in [0.2, 0.25) is 5.28 Å². The summed E-state index contributed by atoms with van der Waals surface area (Å²) in [4.78, 5) is 11.8. The molecule has 1 aromatic heterocycles. The molecule has 0 unspecified atom stereocenters. The van der Waals surface area contributed by atoms with Crippen molar-refractivity contribution in [2.75, 3.05) is 11.9 Å². The van der Waals surface area contributed by atoms with Crippen LogP contribution < -0.4 is 5.32 Å². The van der Waals surface area contributed by atoms with Crippen molar-refractivity contribution in [3.05, 3.63) is 11.1 Å². The Morgan fingerprint density at radius 3 is 2.50 bits per heavy atom. The summed E-state index contributed by atoms with van der Waals surface area (Å²) in [6.45, 7) is 5.38. The molecule has 5 nitrogen and oxygen atoms in total. The first-order valence-corrected chi connectivity index (χ1v) is 4.58. The Morgan fingerprint density at radius 1 is 1.36 bits per heavy atom. The van der Waals surface area contributed by atoms with Crippen LogP contribution in [-0.2, 0) is 0 Å². The number of hydrogen-bond donors (Lipinski definition) is 2. The molecule has 0 fully saturated rings. The van der Waals surface area contributed by atoms with Crippen molar-refractivity contribution in [2.24, 2.45) is 0 Å². The van der Waals surface area contributed by atoms with Crippen LogP contribution in [0.4, 0.5) is 5.95 Å². The van der Waals surface area contributed by atoms with Gasteiger partial charge in [0.25, 0.3) is 0 Å². The first kappa shape index (κ1) is 11.1. The summed E-state index contributed by atoms with van der Waals surface area (Å²) in [5, 5.41) is 12.1. The topological polar surface area (TPSA) is 70.9 Å². The van der Waals surface area contributed by atoms with Gasteiger partial charge in [-0.2, -0.15) is 9.97 Å². The number of aryl methyl sites for hydroxylation is 1. The highest BCUT2D eigenvalue weighted by molar-refractivity contribution is 6.28. The van der Waals surface area contributed by atoms with E-state index in [1.165, 1.54) is 0 Å². The fourth-order valence-corrected chi connectivity index (χ4v) is 1.05. The zero-order chi connectivity index (χ0) is 10.8. The second kappa shape index (κ2) is 4.06. The zero-order valence-electron chi connectivity index (χ0n) is 8.37. The molecule has 1 rings (SSSR count). The summed E-state index contributed by atoms with van der Waals surface area (Å²) in [7, 11) is 0. The lowest BCUT2D eigenvalue weighted by Gasteiger charge is -2.23. The van der Waals surface area contributed by atoms with E-state index in [4.69, 9.17) is 16.7 Å². The van der Waals surface area contributed by atoms with Crippen LogP contribution >= 0.6 is 11.6 Å². The maximum atomic E-state index is 9.03. The lowest BCUT2D eigenvalue weighted by atomic mass is 10.1. The number of aliphatic hydroxyl groups is 1. The summed E-state index contributed by atoms with van der Waals surface area (Å²) in [6.07, 6.45) is 0. The van der Waals surface area contributed by atoms with E-state index in [1.807, 2.05) is 13.8 Å². The monoisotopic (exact) mass is 216 g/mol. The van der Waals surface area contributed by atoms with Gasteiger partial charge in [0, 0.05) is 0 Å². The molecule has 0 aliphatic carbocycles. The normalized spacial score (nSPS) is 11.5. The Balaban J connectivity index is 2.87. The maximum Gasteiger partial charge on any atom is 0.227 e. The van der Waals surface area contributed by atoms with Crippen molar-refractivity contribution in [1.82, 2.24) is 15.0 Å². The number of hydrogen-bond acceptors (Lipinski definition) is 5. The third kappa shape index (κ3) is 3.08. The summed E-state index contributed by atoms with van der Waals surface area (Å²) < 4.78 is 0. The van der Waals surface area contributed by atoms with Gasteiger partial charge in [-0.05, 0) is 32.4 Å². The van der Waals surface area contributed by atoms with Crippen molar-refractivity contribution in [3.8, 4) is 0 Å². The van der Waals surface area contributed by atoms with E-state index < -0.39 is 5.54 Å². The second-order valence-corrected chi connectivity index (χ2v) is 3.98. The van der Waals surface area contributed by atoms with Gasteiger partial charge in [-0.25, -0.2) is 4.98 Å². The van der Waals surface area contributed by atoms with Gasteiger partial charge in [-0.15, -0.1) is 0 Å². The van der Waals surface area contributed by atoms with Crippen LogP contribution in [0, 0.1) is 6.92 Å². The zero-order valence-corrected chi connectivity index (χ0v) is 9.13. The minimum Gasteiger partial charge on any atom is -0.394 e. The van der Waals surface area contributed by atoms with E-state index in [0.717, 1.165) is 0 Å². The summed E-state index contributed by atoms with van der Waals surface area (Å²) >= 11 is 5.66. The van der Waals surface area contributed by atoms with E-state index >= 15 is 0 Å². The third-order valence-electron chi connectivity index (χ3n) is 1.57. The summed E-state index contributed by atoms with van der Waals surface area (Å²) in [5.41, 5.74) is -0.475. The highest BCUT2D eigenvalue weighted by Gasteiger charge is 2.17. The smallest absolute Gasteiger partial charge is 0.227 e. The van der Waals surface area contributed by atoms with Gasteiger partial charge in [-0.3, -0.25) is 0 Å². The van der Waals surface area contributed by atoms with Crippen molar-refractivity contribution < 1.29 is 5.11 Å². The molecular weight excluding hydrogens is 204 g/mol. The van der Waals surface area contributed by atoms with Gasteiger partial charge in [0.1, 0.15) is 5.82 Å². The molecule has 0 saturated carbocycles. The van der Waals surface area contributed by atoms with Gasteiger partial charge in [0.05, 0.1) is 12.1 Å². The summed E-state index contributed by atoms with van der Waals surface area (Å²) in [6, 6.07) is 0. The van der Waals surface area contributed by atoms with Gasteiger partial charge < -0.3 is 10.4 Å².